The van der Waals surface area contributed by atoms with Crippen LogP contribution in [0.1, 0.15) is 33.9 Å². The van der Waals surface area contributed by atoms with Gasteiger partial charge in [-0.25, -0.2) is 9.38 Å². The van der Waals surface area contributed by atoms with Crippen LogP contribution in [0.5, 0.6) is 0 Å². The van der Waals surface area contributed by atoms with Gasteiger partial charge >= 0.3 is 0 Å². The lowest BCUT2D eigenvalue weighted by Gasteiger charge is -2.28. The minimum absolute atomic E-state index is 0.134. The molecule has 0 fully saturated rings. The Hall–Kier alpha value is -1.95. The average Bonchev–Trinajstić information content (AvgIpc) is 2.77. The summed E-state index contributed by atoms with van der Waals surface area (Å²) >= 11 is 5.27. The predicted molar refractivity (Wildman–Crippen MR) is 137 cm³/mol. The highest BCUT2D eigenvalue weighted by Gasteiger charge is 2.27. The quantitative estimate of drug-likeness (QED) is 0.319. The fraction of sp³-hybridized carbons (Fsp3) is 0.154. The molecule has 2 aliphatic rings. The number of benzene rings is 3. The molecule has 0 aromatic heterocycles. The van der Waals surface area contributed by atoms with Crippen molar-refractivity contribution in [2.45, 2.75) is 23.5 Å². The number of halogens is 2. The normalized spacial score (nSPS) is 21.5. The smallest absolute Gasteiger partial charge is 0.124 e. The van der Waals surface area contributed by atoms with Crippen LogP contribution in [-0.4, -0.2) is 16.2 Å². The molecule has 2 heterocycles. The average molecular weight is 510 g/mol. The third kappa shape index (κ3) is 4.11. The molecule has 0 saturated carbocycles. The van der Waals surface area contributed by atoms with E-state index in [1.54, 1.807) is 23.9 Å². The predicted octanol–water partition coefficient (Wildman–Crippen LogP) is 7.90. The minimum Gasteiger partial charge on any atom is -0.246 e. The van der Waals surface area contributed by atoms with Crippen LogP contribution in [0.25, 0.3) is 0 Å². The highest BCUT2D eigenvalue weighted by Crippen LogP contribution is 2.47. The summed E-state index contributed by atoms with van der Waals surface area (Å²) in [6, 6.07) is 22.1. The number of nitrogens with zero attached hydrogens (tertiary/aromatic N) is 1. The van der Waals surface area contributed by atoms with Gasteiger partial charge in [0, 0.05) is 27.0 Å². The largest absolute Gasteiger partial charge is 0.246 e. The summed E-state index contributed by atoms with van der Waals surface area (Å²) in [7, 11) is -0.224. The number of thioether (sulfide) groups is 1. The molecule has 1 nitrogen and oxygen atoms in total. The molecule has 0 aliphatic carbocycles. The van der Waals surface area contributed by atoms with Crippen molar-refractivity contribution < 1.29 is 4.39 Å². The molecule has 0 amide bonds. The number of fused-ring (bicyclic) bond motifs is 3. The van der Waals surface area contributed by atoms with E-state index < -0.39 is 0 Å². The first-order chi connectivity index (χ1) is 15.0. The van der Waals surface area contributed by atoms with Crippen LogP contribution < -0.4 is 0 Å². The van der Waals surface area contributed by atoms with Crippen LogP contribution in [0.2, 0.25) is 0 Å². The van der Waals surface area contributed by atoms with Gasteiger partial charge in [0.15, 0.2) is 0 Å². The first-order valence-corrected chi connectivity index (χ1v) is 13.4. The van der Waals surface area contributed by atoms with Crippen molar-refractivity contribution in [2.24, 2.45) is 4.99 Å². The molecule has 0 radical (unpaired) electrons. The summed E-state index contributed by atoms with van der Waals surface area (Å²) in [4.78, 5) is 7.49. The Kier molecular flexibility index (Phi) is 5.76. The topological polar surface area (TPSA) is 12.4 Å². The zero-order chi connectivity index (χ0) is 21.5. The molecule has 2 unspecified atom stereocenters. The summed E-state index contributed by atoms with van der Waals surface area (Å²) in [5.41, 5.74) is 5.89. The van der Waals surface area contributed by atoms with Crippen molar-refractivity contribution in [1.29, 1.82) is 0 Å². The second-order valence-electron chi connectivity index (χ2n) is 7.73. The molecule has 2 aliphatic heterocycles. The third-order valence-corrected chi connectivity index (χ3v) is 9.53. The van der Waals surface area contributed by atoms with E-state index in [1.165, 1.54) is 21.6 Å². The van der Waals surface area contributed by atoms with E-state index in [2.05, 4.69) is 83.7 Å². The van der Waals surface area contributed by atoms with Crippen LogP contribution in [0.15, 0.2) is 92.9 Å². The molecular formula is C26H21BrFNS2. The molecule has 5 rings (SSSR count). The molecule has 156 valence electrons. The number of hydrogen-bond acceptors (Lipinski definition) is 2. The molecule has 31 heavy (non-hydrogen) atoms. The molecule has 0 saturated heterocycles. The molecule has 2 bridgehead atoms. The SMILES string of the molecule is Cc1ccccc1/C1=S(\C)c2cc(F)ccc2C2C=C(C1)N=C(c1ccc(Br)cc1)S2. The van der Waals surface area contributed by atoms with Crippen molar-refractivity contribution in [3.8, 4) is 0 Å². The van der Waals surface area contributed by atoms with Crippen molar-refractivity contribution >= 4 is 48.1 Å². The van der Waals surface area contributed by atoms with Crippen molar-refractivity contribution in [1.82, 2.24) is 0 Å². The number of aryl methyl sites for hydroxylation is 1. The lowest BCUT2D eigenvalue weighted by atomic mass is 10.0. The fourth-order valence-electron chi connectivity index (χ4n) is 4.06. The van der Waals surface area contributed by atoms with Crippen LogP contribution in [0.4, 0.5) is 4.39 Å². The summed E-state index contributed by atoms with van der Waals surface area (Å²) in [5.74, 6) is -0.172. The lowest BCUT2D eigenvalue weighted by Crippen LogP contribution is -2.14. The van der Waals surface area contributed by atoms with Gasteiger partial charge in [0.25, 0.3) is 0 Å². The highest BCUT2D eigenvalue weighted by molar-refractivity contribution is 9.10. The lowest BCUT2D eigenvalue weighted by molar-refractivity contribution is 0.623. The zero-order valence-electron chi connectivity index (χ0n) is 17.2. The van der Waals surface area contributed by atoms with E-state index in [0.29, 0.717) is 0 Å². The number of rotatable bonds is 2. The molecule has 3 aromatic rings. The molecular weight excluding hydrogens is 489 g/mol. The van der Waals surface area contributed by atoms with Gasteiger partial charge < -0.3 is 0 Å². The van der Waals surface area contributed by atoms with Gasteiger partial charge in [-0.05, 0) is 65.1 Å². The highest BCUT2D eigenvalue weighted by atomic mass is 79.9. The van der Waals surface area contributed by atoms with Gasteiger partial charge in [-0.3, -0.25) is 0 Å². The first kappa shape index (κ1) is 20.9. The van der Waals surface area contributed by atoms with E-state index in [0.717, 1.165) is 32.1 Å². The standard InChI is InChI=1S/C26H21BrFNS2/c1-16-5-3-4-6-21(16)25-15-20-14-23(22-12-11-19(28)13-24(22)31(25)2)30-26(29-20)17-7-9-18(27)10-8-17/h3-14,23H,15H2,1-2H3. The summed E-state index contributed by atoms with van der Waals surface area (Å²) in [5, 5.41) is 1.16. The van der Waals surface area contributed by atoms with E-state index in [4.69, 9.17) is 4.99 Å². The van der Waals surface area contributed by atoms with Gasteiger partial charge in [-0.1, -0.05) is 70.2 Å². The Morgan fingerprint density at radius 2 is 1.84 bits per heavy atom. The second-order valence-corrected chi connectivity index (χ2v) is 11.7. The Morgan fingerprint density at radius 3 is 2.61 bits per heavy atom. The molecule has 3 aromatic carbocycles. The maximum atomic E-state index is 14.4. The third-order valence-electron chi connectivity index (χ3n) is 5.69. The summed E-state index contributed by atoms with van der Waals surface area (Å²) < 4.78 is 15.4. The molecule has 2 atom stereocenters. The number of hydrogen-bond donors (Lipinski definition) is 0. The zero-order valence-corrected chi connectivity index (χ0v) is 20.5. The Labute approximate surface area is 197 Å². The minimum atomic E-state index is -0.224. The summed E-state index contributed by atoms with van der Waals surface area (Å²) in [6.07, 6.45) is 5.27. The molecule has 0 spiro atoms. The van der Waals surface area contributed by atoms with Gasteiger partial charge in [0.05, 0.1) is 5.25 Å². The molecule has 5 heteroatoms. The van der Waals surface area contributed by atoms with Gasteiger partial charge in [-0.15, -0.1) is 0 Å². The van der Waals surface area contributed by atoms with Crippen LogP contribution in [0, 0.1) is 12.7 Å². The van der Waals surface area contributed by atoms with Crippen LogP contribution in [0.3, 0.4) is 0 Å². The molecule has 0 N–H and O–H groups in total. The van der Waals surface area contributed by atoms with Crippen LogP contribution in [-0.2, 0) is 0 Å². The van der Waals surface area contributed by atoms with E-state index >= 15 is 0 Å². The van der Waals surface area contributed by atoms with Crippen molar-refractivity contribution in [3.05, 3.63) is 111 Å². The number of aliphatic imine (C=N–C) groups is 1. The van der Waals surface area contributed by atoms with Crippen molar-refractivity contribution in [3.63, 3.8) is 0 Å². The van der Waals surface area contributed by atoms with Crippen molar-refractivity contribution in [2.75, 3.05) is 6.26 Å². The van der Waals surface area contributed by atoms with Gasteiger partial charge in [0.1, 0.15) is 10.9 Å². The maximum Gasteiger partial charge on any atom is 0.124 e. The van der Waals surface area contributed by atoms with E-state index in [-0.39, 0.29) is 21.6 Å². The van der Waals surface area contributed by atoms with Gasteiger partial charge in [0.2, 0.25) is 0 Å². The van der Waals surface area contributed by atoms with E-state index in [9.17, 15) is 4.39 Å². The fourth-order valence-corrected chi connectivity index (χ4v) is 7.67. The van der Waals surface area contributed by atoms with Gasteiger partial charge in [-0.2, -0.15) is 10.5 Å². The Bertz CT molecular complexity index is 1270. The second kappa shape index (κ2) is 8.53. The first-order valence-electron chi connectivity index (χ1n) is 10.1. The Balaban J connectivity index is 1.71. The van der Waals surface area contributed by atoms with Crippen LogP contribution >= 0.6 is 38.2 Å². The maximum absolute atomic E-state index is 14.4. The van der Waals surface area contributed by atoms with E-state index in [1.807, 2.05) is 6.07 Å². The number of allylic oxidation sites excluding steroid dienone is 1. The Morgan fingerprint density at radius 1 is 1.06 bits per heavy atom. The monoisotopic (exact) mass is 509 g/mol. The summed E-state index contributed by atoms with van der Waals surface area (Å²) in [6.45, 7) is 2.15.